The van der Waals surface area contributed by atoms with E-state index >= 15 is 0 Å². The molecule has 0 saturated carbocycles. The lowest BCUT2D eigenvalue weighted by molar-refractivity contribution is -0.130. The van der Waals surface area contributed by atoms with Crippen LogP contribution in [0.3, 0.4) is 0 Å². The topological polar surface area (TPSA) is 75.2 Å². The van der Waals surface area contributed by atoms with Gasteiger partial charge in [-0.3, -0.25) is 9.79 Å². The maximum absolute atomic E-state index is 12.6. The Morgan fingerprint density at radius 2 is 1.79 bits per heavy atom. The quantitative estimate of drug-likeness (QED) is 0.176. The summed E-state index contributed by atoms with van der Waals surface area (Å²) < 4.78 is 11.0. The van der Waals surface area contributed by atoms with E-state index in [2.05, 4.69) is 21.7 Å². The van der Waals surface area contributed by atoms with Gasteiger partial charge in [-0.05, 0) is 49.9 Å². The van der Waals surface area contributed by atoms with Crippen molar-refractivity contribution in [3.05, 3.63) is 59.7 Å². The third-order valence-corrected chi connectivity index (χ3v) is 5.04. The molecular weight excluding hydrogens is 531 g/mol. The summed E-state index contributed by atoms with van der Waals surface area (Å²) in [5.41, 5.74) is 2.31. The first kappa shape index (κ1) is 28.5. The fourth-order valence-corrected chi connectivity index (χ4v) is 3.32. The number of nitrogens with zero attached hydrogens (tertiary/aromatic N) is 2. The Kier molecular flexibility index (Phi) is 14.0. The Morgan fingerprint density at radius 3 is 2.42 bits per heavy atom. The number of carbonyl (C=O) groups is 1. The summed E-state index contributed by atoms with van der Waals surface area (Å²) in [6, 6.07) is 16.0. The maximum atomic E-state index is 12.6. The Morgan fingerprint density at radius 1 is 1.03 bits per heavy atom. The molecule has 0 spiro atoms. The molecule has 0 bridgehead atoms. The molecule has 182 valence electrons. The maximum Gasteiger partial charge on any atom is 0.242 e. The SMILES string of the molecule is CCOc1cc(CCCNC(=NC)NCC(=O)N(CC)Cc2ccccc2)ccc1OC.I. The van der Waals surface area contributed by atoms with Crippen molar-refractivity contribution < 1.29 is 14.3 Å². The van der Waals surface area contributed by atoms with Gasteiger partial charge < -0.3 is 25.0 Å². The number of hydrogen-bond donors (Lipinski definition) is 2. The predicted molar refractivity (Wildman–Crippen MR) is 145 cm³/mol. The second-order valence-electron chi connectivity index (χ2n) is 7.27. The van der Waals surface area contributed by atoms with Crippen molar-refractivity contribution in [2.75, 3.05) is 40.4 Å². The summed E-state index contributed by atoms with van der Waals surface area (Å²) in [6.45, 7) is 6.76. The lowest BCUT2D eigenvalue weighted by Gasteiger charge is -2.22. The third-order valence-electron chi connectivity index (χ3n) is 5.04. The fourth-order valence-electron chi connectivity index (χ4n) is 3.32. The second-order valence-corrected chi connectivity index (χ2v) is 7.27. The van der Waals surface area contributed by atoms with Crippen molar-refractivity contribution in [1.82, 2.24) is 15.5 Å². The zero-order chi connectivity index (χ0) is 23.2. The Bertz CT molecular complexity index is 862. The van der Waals surface area contributed by atoms with Crippen molar-refractivity contribution in [3.63, 3.8) is 0 Å². The average Bonchev–Trinajstić information content (AvgIpc) is 2.83. The van der Waals surface area contributed by atoms with Crippen molar-refractivity contribution in [3.8, 4) is 11.5 Å². The molecule has 0 saturated heterocycles. The highest BCUT2D eigenvalue weighted by Gasteiger charge is 2.12. The number of carbonyl (C=O) groups excluding carboxylic acids is 1. The molecule has 0 aromatic heterocycles. The molecule has 7 nitrogen and oxygen atoms in total. The highest BCUT2D eigenvalue weighted by atomic mass is 127. The molecule has 0 atom stereocenters. The number of methoxy groups -OCH3 is 1. The number of rotatable bonds is 12. The van der Waals surface area contributed by atoms with Crippen LogP contribution in [0.2, 0.25) is 0 Å². The first-order valence-electron chi connectivity index (χ1n) is 11.2. The molecule has 1 amide bonds. The fraction of sp³-hybridized carbons (Fsp3) is 0.440. The van der Waals surface area contributed by atoms with Crippen LogP contribution in [0.25, 0.3) is 0 Å². The second kappa shape index (κ2) is 16.2. The summed E-state index contributed by atoms with van der Waals surface area (Å²) in [5.74, 6) is 2.18. The molecule has 0 fully saturated rings. The van der Waals surface area contributed by atoms with Crippen LogP contribution in [0.15, 0.2) is 53.5 Å². The summed E-state index contributed by atoms with van der Waals surface area (Å²) >= 11 is 0. The number of aryl methyl sites for hydroxylation is 1. The molecule has 0 aliphatic rings. The zero-order valence-corrected chi connectivity index (χ0v) is 22.4. The molecule has 0 aliphatic heterocycles. The van der Waals surface area contributed by atoms with Gasteiger partial charge >= 0.3 is 0 Å². The van der Waals surface area contributed by atoms with E-state index in [1.165, 1.54) is 5.56 Å². The van der Waals surface area contributed by atoms with E-state index in [4.69, 9.17) is 9.47 Å². The van der Waals surface area contributed by atoms with Crippen molar-refractivity contribution >= 4 is 35.8 Å². The Balaban J connectivity index is 0.00000544. The van der Waals surface area contributed by atoms with Crippen LogP contribution in [0.5, 0.6) is 11.5 Å². The largest absolute Gasteiger partial charge is 0.493 e. The van der Waals surface area contributed by atoms with Gasteiger partial charge in [-0.25, -0.2) is 0 Å². The number of aliphatic imine (C=N–C) groups is 1. The van der Waals surface area contributed by atoms with Crippen LogP contribution in [0.4, 0.5) is 0 Å². The first-order chi connectivity index (χ1) is 15.6. The van der Waals surface area contributed by atoms with E-state index in [0.29, 0.717) is 25.7 Å². The number of hydrogen-bond acceptors (Lipinski definition) is 4. The molecule has 0 aliphatic carbocycles. The molecule has 2 aromatic rings. The van der Waals surface area contributed by atoms with Gasteiger partial charge in [0.15, 0.2) is 17.5 Å². The normalized spacial score (nSPS) is 10.7. The summed E-state index contributed by atoms with van der Waals surface area (Å²) in [6.07, 6.45) is 1.81. The van der Waals surface area contributed by atoms with Crippen molar-refractivity contribution in [2.45, 2.75) is 33.2 Å². The lowest BCUT2D eigenvalue weighted by Crippen LogP contribution is -2.44. The van der Waals surface area contributed by atoms with E-state index in [9.17, 15) is 4.79 Å². The van der Waals surface area contributed by atoms with Crippen LogP contribution in [0, 0.1) is 0 Å². The molecule has 2 N–H and O–H groups in total. The highest BCUT2D eigenvalue weighted by molar-refractivity contribution is 14.0. The minimum atomic E-state index is 0. The Labute approximate surface area is 215 Å². The van der Waals surface area contributed by atoms with E-state index in [0.717, 1.165) is 36.4 Å². The smallest absolute Gasteiger partial charge is 0.242 e. The number of amides is 1. The standard InChI is InChI=1S/C25H36N4O3.HI/c1-5-29(19-21-11-8-7-9-12-21)24(30)18-28-25(26-3)27-16-10-13-20-14-15-22(31-4)23(17-20)32-6-2;/h7-9,11-12,14-15,17H,5-6,10,13,16,18-19H2,1-4H3,(H2,26,27,28);1H. The molecule has 33 heavy (non-hydrogen) atoms. The molecule has 8 heteroatoms. The van der Waals surface area contributed by atoms with Crippen LogP contribution in [0.1, 0.15) is 31.4 Å². The number of guanidine groups is 1. The number of nitrogens with one attached hydrogen (secondary N) is 2. The number of benzene rings is 2. The summed E-state index contributed by atoms with van der Waals surface area (Å²) in [4.78, 5) is 18.7. The minimum Gasteiger partial charge on any atom is -0.493 e. The highest BCUT2D eigenvalue weighted by Crippen LogP contribution is 2.28. The van der Waals surface area contributed by atoms with E-state index < -0.39 is 0 Å². The van der Waals surface area contributed by atoms with E-state index in [1.54, 1.807) is 14.2 Å². The molecule has 0 radical (unpaired) electrons. The lowest BCUT2D eigenvalue weighted by atomic mass is 10.1. The molecule has 2 aromatic carbocycles. The number of likely N-dealkylation sites (N-methyl/N-ethyl adjacent to an activating group) is 1. The molecular formula is C25H37IN4O3. The van der Waals surface area contributed by atoms with Gasteiger partial charge in [-0.15, -0.1) is 24.0 Å². The van der Waals surface area contributed by atoms with Crippen LogP contribution < -0.4 is 20.1 Å². The van der Waals surface area contributed by atoms with Gasteiger partial charge in [0.2, 0.25) is 5.91 Å². The molecule has 2 rings (SSSR count). The van der Waals surface area contributed by atoms with Gasteiger partial charge in [0.05, 0.1) is 20.3 Å². The third kappa shape index (κ3) is 9.89. The number of halogens is 1. The monoisotopic (exact) mass is 568 g/mol. The van der Waals surface area contributed by atoms with Gasteiger partial charge in [-0.1, -0.05) is 36.4 Å². The van der Waals surface area contributed by atoms with Crippen LogP contribution >= 0.6 is 24.0 Å². The van der Waals surface area contributed by atoms with Gasteiger partial charge in [0.1, 0.15) is 0 Å². The summed E-state index contributed by atoms with van der Waals surface area (Å²) in [5, 5.41) is 6.40. The van der Waals surface area contributed by atoms with Gasteiger partial charge in [-0.2, -0.15) is 0 Å². The molecule has 0 unspecified atom stereocenters. The summed E-state index contributed by atoms with van der Waals surface area (Å²) in [7, 11) is 3.35. The van der Waals surface area contributed by atoms with E-state index in [-0.39, 0.29) is 36.4 Å². The predicted octanol–water partition coefficient (Wildman–Crippen LogP) is 3.86. The van der Waals surface area contributed by atoms with Gasteiger partial charge in [0.25, 0.3) is 0 Å². The van der Waals surface area contributed by atoms with Gasteiger partial charge in [0, 0.05) is 26.7 Å². The zero-order valence-electron chi connectivity index (χ0n) is 20.1. The average molecular weight is 569 g/mol. The number of ether oxygens (including phenoxy) is 2. The van der Waals surface area contributed by atoms with Crippen molar-refractivity contribution in [1.29, 1.82) is 0 Å². The van der Waals surface area contributed by atoms with E-state index in [1.807, 2.05) is 61.2 Å². The first-order valence-corrected chi connectivity index (χ1v) is 11.2. The molecule has 0 heterocycles. The minimum absolute atomic E-state index is 0. The van der Waals surface area contributed by atoms with Crippen LogP contribution in [-0.2, 0) is 17.8 Å². The Hall–Kier alpha value is -2.49. The van der Waals surface area contributed by atoms with Crippen LogP contribution in [-0.4, -0.2) is 57.2 Å². The van der Waals surface area contributed by atoms with Crippen molar-refractivity contribution in [2.24, 2.45) is 4.99 Å².